The number of quaternary nitrogens is 1. The molecular weight excluding hydrogens is 337 g/mol. The topological polar surface area (TPSA) is 95.1 Å². The van der Waals surface area contributed by atoms with Gasteiger partial charge in [-0.15, -0.1) is 0 Å². The summed E-state index contributed by atoms with van der Waals surface area (Å²) in [7, 11) is 0. The lowest BCUT2D eigenvalue weighted by molar-refractivity contribution is -0.404. The maximum atomic E-state index is 13.7. The van der Waals surface area contributed by atoms with Gasteiger partial charge in [-0.1, -0.05) is 23.7 Å². The highest BCUT2D eigenvalue weighted by Gasteiger charge is 2.19. The number of hydrogen-bond donors (Lipinski definition) is 3. The Kier molecular flexibility index (Phi) is 7.44. The molecule has 2 amide bonds. The van der Waals surface area contributed by atoms with Gasteiger partial charge in [-0.25, -0.2) is 9.18 Å². The lowest BCUT2D eigenvalue weighted by Gasteiger charge is -2.19. The van der Waals surface area contributed by atoms with Crippen LogP contribution in [0.3, 0.4) is 0 Å². The van der Waals surface area contributed by atoms with Gasteiger partial charge < -0.3 is 21.1 Å². The highest BCUT2D eigenvalue weighted by atomic mass is 35.5. The molecule has 0 aliphatic rings. The molecule has 0 spiro atoms. The zero-order valence-corrected chi connectivity index (χ0v) is 14.9. The van der Waals surface area contributed by atoms with E-state index in [2.05, 4.69) is 16.4 Å². The Hall–Kier alpha value is -1.86. The van der Waals surface area contributed by atoms with E-state index in [1.165, 1.54) is 6.07 Å². The van der Waals surface area contributed by atoms with E-state index in [-0.39, 0.29) is 24.0 Å². The largest absolute Gasteiger partial charge is 0.444 e. The summed E-state index contributed by atoms with van der Waals surface area (Å²) in [6.07, 6.45) is -0.209. The summed E-state index contributed by atoms with van der Waals surface area (Å²) in [5.74, 6) is -0.882. The Morgan fingerprint density at radius 2 is 2.00 bits per heavy atom. The Morgan fingerprint density at radius 3 is 2.62 bits per heavy atom. The normalized spacial score (nSPS) is 12.4. The van der Waals surface area contributed by atoms with Gasteiger partial charge in [0.15, 0.2) is 6.04 Å². The molecule has 0 aliphatic heterocycles. The molecule has 24 heavy (non-hydrogen) atoms. The number of benzene rings is 1. The number of ether oxygens (including phenoxy) is 1. The molecule has 1 rings (SSSR count). The smallest absolute Gasteiger partial charge is 0.407 e. The highest BCUT2D eigenvalue weighted by molar-refractivity contribution is 6.30. The van der Waals surface area contributed by atoms with Gasteiger partial charge in [-0.2, -0.15) is 0 Å². The number of amides is 2. The van der Waals surface area contributed by atoms with Crippen molar-refractivity contribution in [2.24, 2.45) is 0 Å². The number of rotatable bonds is 6. The number of carbonyl (C=O) groups excluding carboxylic acids is 2. The number of alkyl carbamates (subject to hydrolysis) is 1. The Labute approximate surface area is 145 Å². The Balaban J connectivity index is 2.35. The average Bonchev–Trinajstić information content (AvgIpc) is 2.46. The van der Waals surface area contributed by atoms with E-state index in [9.17, 15) is 14.0 Å². The van der Waals surface area contributed by atoms with Crippen molar-refractivity contribution in [3.63, 3.8) is 0 Å². The van der Waals surface area contributed by atoms with Gasteiger partial charge in [0, 0.05) is 25.1 Å². The third kappa shape index (κ3) is 7.14. The van der Waals surface area contributed by atoms with Gasteiger partial charge in [0.05, 0.1) is 5.02 Å². The van der Waals surface area contributed by atoms with Gasteiger partial charge >= 0.3 is 6.09 Å². The fourth-order valence-electron chi connectivity index (χ4n) is 1.81. The first-order valence-corrected chi connectivity index (χ1v) is 7.98. The minimum atomic E-state index is -0.581. The first-order valence-electron chi connectivity index (χ1n) is 7.60. The fourth-order valence-corrected chi connectivity index (χ4v) is 2.00. The van der Waals surface area contributed by atoms with E-state index in [1.54, 1.807) is 32.9 Å². The van der Waals surface area contributed by atoms with Gasteiger partial charge in [-0.05, 0) is 26.8 Å². The quantitative estimate of drug-likeness (QED) is 0.719. The van der Waals surface area contributed by atoms with Crippen LogP contribution in [0.1, 0.15) is 32.8 Å². The predicted octanol–water partition coefficient (Wildman–Crippen LogP) is 1.62. The number of carbonyl (C=O) groups is 2. The van der Waals surface area contributed by atoms with Crippen molar-refractivity contribution < 1.29 is 24.5 Å². The van der Waals surface area contributed by atoms with E-state index in [4.69, 9.17) is 16.3 Å². The molecule has 1 aromatic carbocycles. The molecule has 1 atom stereocenters. The van der Waals surface area contributed by atoms with E-state index >= 15 is 0 Å². The summed E-state index contributed by atoms with van der Waals surface area (Å²) in [6, 6.07) is 4.01. The summed E-state index contributed by atoms with van der Waals surface area (Å²) in [5, 5.41) is 5.16. The van der Waals surface area contributed by atoms with Crippen LogP contribution in [0.2, 0.25) is 5.02 Å². The van der Waals surface area contributed by atoms with Gasteiger partial charge in [0.1, 0.15) is 11.4 Å². The van der Waals surface area contributed by atoms with Gasteiger partial charge in [0.2, 0.25) is 0 Å². The van der Waals surface area contributed by atoms with Crippen molar-refractivity contribution >= 4 is 23.6 Å². The third-order valence-electron chi connectivity index (χ3n) is 3.02. The Morgan fingerprint density at radius 1 is 1.33 bits per heavy atom. The molecule has 134 valence electrons. The van der Waals surface area contributed by atoms with Crippen LogP contribution >= 0.6 is 11.6 Å². The second-order valence-electron chi connectivity index (χ2n) is 6.35. The summed E-state index contributed by atoms with van der Waals surface area (Å²) >= 11 is 5.68. The van der Waals surface area contributed by atoms with E-state index in [0.29, 0.717) is 12.0 Å². The molecule has 0 saturated heterocycles. The summed E-state index contributed by atoms with van der Waals surface area (Å²) in [4.78, 5) is 23.4. The first-order chi connectivity index (χ1) is 11.1. The first kappa shape index (κ1) is 20.2. The maximum Gasteiger partial charge on any atom is 0.407 e. The second-order valence-corrected chi connectivity index (χ2v) is 6.75. The number of hydrogen-bond acceptors (Lipinski definition) is 3. The maximum absolute atomic E-state index is 13.7. The minimum Gasteiger partial charge on any atom is -0.444 e. The summed E-state index contributed by atoms with van der Waals surface area (Å²) in [6.45, 7) is 5.57. The molecule has 0 radical (unpaired) electrons. The van der Waals surface area contributed by atoms with E-state index in [1.807, 2.05) is 0 Å². The monoisotopic (exact) mass is 360 g/mol. The molecule has 1 aromatic rings. The van der Waals surface area contributed by atoms with E-state index < -0.39 is 23.6 Å². The van der Waals surface area contributed by atoms with Crippen molar-refractivity contribution in [2.45, 2.75) is 45.4 Å². The standard InChI is InChI=1S/C16H23ClFN3O3/c1-16(2,3)24-15(23)20-8-7-12(19)14(22)21-9-10-5-4-6-11(17)13(10)18/h4-6,12H,7-9,19H2,1-3H3,(H,20,23)(H,21,22)/p+1/t12-/m1/s1. The third-order valence-corrected chi connectivity index (χ3v) is 3.31. The molecule has 0 aliphatic carbocycles. The van der Waals surface area contributed by atoms with Crippen LogP contribution in [0.25, 0.3) is 0 Å². The van der Waals surface area contributed by atoms with Crippen LogP contribution in [-0.4, -0.2) is 30.2 Å². The van der Waals surface area contributed by atoms with Crippen LogP contribution in [0.4, 0.5) is 9.18 Å². The van der Waals surface area contributed by atoms with Crippen molar-refractivity contribution in [3.8, 4) is 0 Å². The summed E-state index contributed by atoms with van der Waals surface area (Å²) < 4.78 is 18.8. The van der Waals surface area contributed by atoms with E-state index in [0.717, 1.165) is 0 Å². The van der Waals surface area contributed by atoms with Gasteiger partial charge in [-0.3, -0.25) is 4.79 Å². The van der Waals surface area contributed by atoms with Crippen LogP contribution in [-0.2, 0) is 16.1 Å². The molecule has 0 heterocycles. The van der Waals surface area contributed by atoms with Crippen molar-refractivity contribution in [2.75, 3.05) is 6.54 Å². The van der Waals surface area contributed by atoms with Crippen LogP contribution in [0.5, 0.6) is 0 Å². The number of halogens is 2. The average molecular weight is 361 g/mol. The molecule has 0 saturated carbocycles. The Bertz CT molecular complexity index is 590. The second kappa shape index (κ2) is 8.84. The molecule has 0 aromatic heterocycles. The summed E-state index contributed by atoms with van der Waals surface area (Å²) in [5.41, 5.74) is 3.46. The molecule has 0 bridgehead atoms. The molecule has 8 heteroatoms. The van der Waals surface area contributed by atoms with Crippen molar-refractivity contribution in [1.29, 1.82) is 0 Å². The zero-order chi connectivity index (χ0) is 18.3. The molecule has 0 unspecified atom stereocenters. The lowest BCUT2D eigenvalue weighted by Crippen LogP contribution is -2.68. The molecular formula is C16H24ClFN3O3+. The lowest BCUT2D eigenvalue weighted by atomic mass is 10.1. The zero-order valence-electron chi connectivity index (χ0n) is 14.1. The predicted molar refractivity (Wildman–Crippen MR) is 88.8 cm³/mol. The van der Waals surface area contributed by atoms with Crippen LogP contribution < -0.4 is 16.4 Å². The van der Waals surface area contributed by atoms with Gasteiger partial charge in [0.25, 0.3) is 5.91 Å². The number of nitrogens with one attached hydrogen (secondary N) is 2. The van der Waals surface area contributed by atoms with Crippen molar-refractivity contribution in [3.05, 3.63) is 34.6 Å². The molecule has 5 N–H and O–H groups in total. The van der Waals surface area contributed by atoms with Crippen molar-refractivity contribution in [1.82, 2.24) is 10.6 Å². The minimum absolute atomic E-state index is 0.00878. The highest BCUT2D eigenvalue weighted by Crippen LogP contribution is 2.17. The SMILES string of the molecule is CC(C)(C)OC(=O)NCC[C@@H]([NH3+])C(=O)NCc1cccc(Cl)c1F. The van der Waals surface area contributed by atoms with Crippen LogP contribution in [0.15, 0.2) is 18.2 Å². The molecule has 6 nitrogen and oxygen atoms in total. The van der Waals surface area contributed by atoms with Crippen LogP contribution in [0, 0.1) is 5.82 Å². The fraction of sp³-hybridized carbons (Fsp3) is 0.500. The molecule has 0 fully saturated rings.